The zero-order valence-electron chi connectivity index (χ0n) is 29.7. The molecule has 0 N–H and O–H groups in total. The van der Waals surface area contributed by atoms with Crippen molar-refractivity contribution in [1.82, 2.24) is 0 Å². The third-order valence-corrected chi connectivity index (χ3v) is 17.5. The maximum Gasteiger partial charge on any atom is -0.0357 e. The van der Waals surface area contributed by atoms with Crippen molar-refractivity contribution < 1.29 is 0 Å². The SMILES string of the molecule is CC1CC(CCC2CC(CCC(C)C(C)C3CCC4C(CCC5CC(CCC6CC(C)C6C)C5C)CC4C3)C2C)C1C. The van der Waals surface area contributed by atoms with Crippen LogP contribution >= 0.6 is 0 Å². The van der Waals surface area contributed by atoms with E-state index >= 15 is 0 Å². The van der Waals surface area contributed by atoms with Crippen LogP contribution < -0.4 is 0 Å². The van der Waals surface area contributed by atoms with Crippen molar-refractivity contribution in [2.24, 2.45) is 107 Å². The van der Waals surface area contributed by atoms with Gasteiger partial charge in [-0.3, -0.25) is 0 Å². The molecule has 6 aliphatic carbocycles. The quantitative estimate of drug-likeness (QED) is 0.192. The zero-order valence-corrected chi connectivity index (χ0v) is 29.7. The van der Waals surface area contributed by atoms with E-state index in [1.54, 1.807) is 57.8 Å². The Kier molecular flexibility index (Phi) is 10.2. The first-order chi connectivity index (χ1) is 20.1. The topological polar surface area (TPSA) is 0 Å². The summed E-state index contributed by atoms with van der Waals surface area (Å²) in [5.41, 5.74) is 0. The Morgan fingerprint density at radius 3 is 1.33 bits per heavy atom. The Hall–Kier alpha value is 0. The van der Waals surface area contributed by atoms with Crippen LogP contribution in [0.2, 0.25) is 0 Å². The van der Waals surface area contributed by atoms with Crippen LogP contribution in [0.25, 0.3) is 0 Å². The van der Waals surface area contributed by atoms with Crippen LogP contribution in [-0.2, 0) is 0 Å². The lowest BCUT2D eigenvalue weighted by Gasteiger charge is -2.53. The summed E-state index contributed by atoms with van der Waals surface area (Å²) in [6.07, 6.45) is 24.9. The normalized spacial score (nSPS) is 51.1. The highest BCUT2D eigenvalue weighted by Gasteiger charge is 2.47. The highest BCUT2D eigenvalue weighted by molar-refractivity contribution is 4.97. The van der Waals surface area contributed by atoms with Crippen molar-refractivity contribution in [2.75, 3.05) is 0 Å². The first-order valence-electron chi connectivity index (χ1n) is 20.1. The maximum atomic E-state index is 2.65. The van der Waals surface area contributed by atoms with E-state index in [2.05, 4.69) is 55.4 Å². The first kappa shape index (κ1) is 32.0. The summed E-state index contributed by atoms with van der Waals surface area (Å²) in [5.74, 6) is 18.7. The van der Waals surface area contributed by atoms with Crippen molar-refractivity contribution >= 4 is 0 Å². The van der Waals surface area contributed by atoms with Crippen LogP contribution in [0.3, 0.4) is 0 Å². The molecule has 6 fully saturated rings. The lowest BCUT2D eigenvalue weighted by molar-refractivity contribution is -0.0283. The Balaban J connectivity index is 0.820. The van der Waals surface area contributed by atoms with Crippen molar-refractivity contribution in [3.63, 3.8) is 0 Å². The minimum Gasteiger partial charge on any atom is -0.0622 e. The summed E-state index contributed by atoms with van der Waals surface area (Å²) < 4.78 is 0. The smallest absolute Gasteiger partial charge is 0.0357 e. The van der Waals surface area contributed by atoms with Gasteiger partial charge >= 0.3 is 0 Å². The van der Waals surface area contributed by atoms with Gasteiger partial charge in [0.1, 0.15) is 0 Å². The number of fused-ring (bicyclic) bond motifs is 1. The first-order valence-corrected chi connectivity index (χ1v) is 20.1. The molecule has 0 heteroatoms. The average Bonchev–Trinajstić information content (AvgIpc) is 2.98. The van der Waals surface area contributed by atoms with Crippen LogP contribution in [-0.4, -0.2) is 0 Å². The van der Waals surface area contributed by atoms with Crippen molar-refractivity contribution in [2.45, 2.75) is 158 Å². The van der Waals surface area contributed by atoms with Gasteiger partial charge in [-0.25, -0.2) is 0 Å². The number of rotatable bonds is 14. The van der Waals surface area contributed by atoms with E-state index in [-0.39, 0.29) is 0 Å². The van der Waals surface area contributed by atoms with Crippen molar-refractivity contribution in [3.05, 3.63) is 0 Å². The molecule has 0 amide bonds. The molecule has 0 bridgehead atoms. The average molecular weight is 579 g/mol. The van der Waals surface area contributed by atoms with Gasteiger partial charge in [0.2, 0.25) is 0 Å². The summed E-state index contributed by atoms with van der Waals surface area (Å²) in [5, 5.41) is 0. The highest BCUT2D eigenvalue weighted by atomic mass is 14.5. The molecule has 6 aliphatic rings. The molecule has 0 spiro atoms. The fraction of sp³-hybridized carbons (Fsp3) is 1.00. The number of hydrogen-bond acceptors (Lipinski definition) is 0. The van der Waals surface area contributed by atoms with E-state index in [0.717, 1.165) is 107 Å². The van der Waals surface area contributed by atoms with E-state index in [9.17, 15) is 0 Å². The monoisotopic (exact) mass is 579 g/mol. The standard InChI is InChI=1S/C42H74/c1-25(9-10-36-21-37(31(36)7)13-11-33-19-26(2)29(33)5)28(4)35-17-18-42-40(24-41(42)23-35)16-15-39-22-38(32(39)8)14-12-34-20-27(3)30(34)6/h25-42H,9-24H2,1-8H3. The molecule has 0 radical (unpaired) electrons. The molecule has 18 atom stereocenters. The van der Waals surface area contributed by atoms with Crippen LogP contribution in [0, 0.1) is 107 Å². The Bertz CT molecular complexity index is 858. The lowest BCUT2D eigenvalue weighted by Crippen LogP contribution is -2.44. The summed E-state index contributed by atoms with van der Waals surface area (Å²) in [7, 11) is 0. The Labute approximate surface area is 264 Å². The fourth-order valence-corrected chi connectivity index (χ4v) is 12.5. The predicted molar refractivity (Wildman–Crippen MR) is 182 cm³/mol. The van der Waals surface area contributed by atoms with Gasteiger partial charge < -0.3 is 0 Å². The molecule has 0 heterocycles. The Morgan fingerprint density at radius 1 is 0.452 bits per heavy atom. The second-order valence-electron chi connectivity index (χ2n) is 19.0. The summed E-state index contributed by atoms with van der Waals surface area (Å²) in [6.45, 7) is 20.4. The summed E-state index contributed by atoms with van der Waals surface area (Å²) >= 11 is 0. The molecule has 0 aromatic heterocycles. The minimum atomic E-state index is 0.940. The molecule has 42 heavy (non-hydrogen) atoms. The van der Waals surface area contributed by atoms with Gasteiger partial charge in [-0.05, 0) is 203 Å². The third kappa shape index (κ3) is 6.47. The Morgan fingerprint density at radius 2 is 0.905 bits per heavy atom. The van der Waals surface area contributed by atoms with Crippen LogP contribution in [0.5, 0.6) is 0 Å². The number of hydrogen-bond donors (Lipinski definition) is 0. The van der Waals surface area contributed by atoms with Crippen LogP contribution in [0.15, 0.2) is 0 Å². The van der Waals surface area contributed by atoms with Crippen molar-refractivity contribution in [3.8, 4) is 0 Å². The fourth-order valence-electron chi connectivity index (χ4n) is 12.5. The van der Waals surface area contributed by atoms with Gasteiger partial charge in [0.25, 0.3) is 0 Å². The largest absolute Gasteiger partial charge is 0.0622 e. The highest BCUT2D eigenvalue weighted by Crippen LogP contribution is 2.57. The van der Waals surface area contributed by atoms with E-state index in [4.69, 9.17) is 0 Å². The molecule has 6 saturated carbocycles. The minimum absolute atomic E-state index is 0.940. The molecule has 0 aliphatic heterocycles. The zero-order chi connectivity index (χ0) is 29.7. The van der Waals surface area contributed by atoms with Gasteiger partial charge in [0.05, 0.1) is 0 Å². The predicted octanol–water partition coefficient (Wildman–Crippen LogP) is 12.6. The summed E-state index contributed by atoms with van der Waals surface area (Å²) in [4.78, 5) is 0. The molecule has 0 aromatic carbocycles. The van der Waals surface area contributed by atoms with Gasteiger partial charge in [-0.2, -0.15) is 0 Å². The van der Waals surface area contributed by atoms with Gasteiger partial charge in [0.15, 0.2) is 0 Å². The molecule has 0 aromatic rings. The van der Waals surface area contributed by atoms with Crippen LogP contribution in [0.4, 0.5) is 0 Å². The molecule has 0 saturated heterocycles. The third-order valence-electron chi connectivity index (χ3n) is 17.5. The van der Waals surface area contributed by atoms with Crippen LogP contribution in [0.1, 0.15) is 158 Å². The van der Waals surface area contributed by atoms with E-state index in [0.29, 0.717) is 0 Å². The van der Waals surface area contributed by atoms with E-state index in [1.165, 1.54) is 44.9 Å². The molecular weight excluding hydrogens is 504 g/mol. The van der Waals surface area contributed by atoms with Crippen molar-refractivity contribution in [1.29, 1.82) is 0 Å². The lowest BCUT2D eigenvalue weighted by atomic mass is 9.52. The molecule has 6 rings (SSSR count). The van der Waals surface area contributed by atoms with Gasteiger partial charge in [0, 0.05) is 0 Å². The molecular formula is C42H74. The van der Waals surface area contributed by atoms with E-state index < -0.39 is 0 Å². The maximum absolute atomic E-state index is 2.65. The second-order valence-corrected chi connectivity index (χ2v) is 19.0. The van der Waals surface area contributed by atoms with Gasteiger partial charge in [-0.1, -0.05) is 61.8 Å². The summed E-state index contributed by atoms with van der Waals surface area (Å²) in [6, 6.07) is 0. The van der Waals surface area contributed by atoms with Gasteiger partial charge in [-0.15, -0.1) is 0 Å². The molecule has 242 valence electrons. The molecule has 18 unspecified atom stereocenters. The molecule has 0 nitrogen and oxygen atoms in total. The second kappa shape index (κ2) is 13.4. The van der Waals surface area contributed by atoms with E-state index in [1.807, 2.05) is 0 Å².